The van der Waals surface area contributed by atoms with Crippen LogP contribution in [-0.2, 0) is 0 Å². The van der Waals surface area contributed by atoms with E-state index >= 15 is 0 Å². The number of aromatic nitrogens is 1. The molecular weight excluding hydrogens is 256 g/mol. The molecule has 1 amide bonds. The Labute approximate surface area is 116 Å². The van der Waals surface area contributed by atoms with Gasteiger partial charge in [0.2, 0.25) is 0 Å². The Balaban J connectivity index is 2.42. The molecule has 0 saturated heterocycles. The van der Waals surface area contributed by atoms with Gasteiger partial charge in [0.25, 0.3) is 5.91 Å². The summed E-state index contributed by atoms with van der Waals surface area (Å²) in [4.78, 5) is 29.2. The number of pyridine rings is 1. The molecule has 0 unspecified atom stereocenters. The number of nitrogens with zero attached hydrogens (tertiary/aromatic N) is 2. The van der Waals surface area contributed by atoms with Gasteiger partial charge in [-0.15, -0.1) is 0 Å². The topological polar surface area (TPSA) is 70.5 Å². The van der Waals surface area contributed by atoms with Gasteiger partial charge in [0.1, 0.15) is 0 Å². The molecule has 5 heteroatoms. The molecule has 0 atom stereocenters. The summed E-state index contributed by atoms with van der Waals surface area (Å²) in [5.41, 5.74) is 0.872. The van der Waals surface area contributed by atoms with E-state index in [9.17, 15) is 9.59 Å². The molecule has 102 valence electrons. The van der Waals surface area contributed by atoms with Crippen LogP contribution in [0.15, 0.2) is 48.8 Å². The fourth-order valence-corrected chi connectivity index (χ4v) is 1.97. The van der Waals surface area contributed by atoms with Crippen LogP contribution < -0.4 is 4.90 Å². The molecule has 0 aliphatic rings. The second-order valence-corrected chi connectivity index (χ2v) is 4.11. The van der Waals surface area contributed by atoms with Crippen LogP contribution in [0, 0.1) is 0 Å². The van der Waals surface area contributed by atoms with E-state index < -0.39 is 5.97 Å². The zero-order chi connectivity index (χ0) is 14.5. The van der Waals surface area contributed by atoms with Crippen LogP contribution >= 0.6 is 0 Å². The van der Waals surface area contributed by atoms with Gasteiger partial charge in [-0.25, -0.2) is 4.79 Å². The first-order valence-electron chi connectivity index (χ1n) is 6.19. The van der Waals surface area contributed by atoms with E-state index in [0.29, 0.717) is 12.2 Å². The van der Waals surface area contributed by atoms with Crippen LogP contribution in [0.25, 0.3) is 0 Å². The average molecular weight is 270 g/mol. The molecule has 0 radical (unpaired) electrons. The smallest absolute Gasteiger partial charge is 0.336 e. The number of amides is 1. The van der Waals surface area contributed by atoms with Gasteiger partial charge < -0.3 is 10.0 Å². The minimum atomic E-state index is -1.11. The molecule has 1 N–H and O–H groups in total. The standard InChI is InChI=1S/C15H14N2O3/c1-2-17(11-7-9-16-10-8-11)14(18)12-5-3-4-6-13(12)15(19)20/h3-10H,2H2,1H3,(H,19,20). The molecule has 2 aromatic rings. The Hall–Kier alpha value is -2.69. The normalized spacial score (nSPS) is 10.1. The largest absolute Gasteiger partial charge is 0.478 e. The third kappa shape index (κ3) is 2.66. The van der Waals surface area contributed by atoms with Gasteiger partial charge in [-0.05, 0) is 31.2 Å². The lowest BCUT2D eigenvalue weighted by Gasteiger charge is -2.21. The summed E-state index contributed by atoms with van der Waals surface area (Å²) in [6, 6.07) is 9.63. The summed E-state index contributed by atoms with van der Waals surface area (Å²) in [6.45, 7) is 2.28. The number of hydrogen-bond acceptors (Lipinski definition) is 3. The molecule has 0 aliphatic carbocycles. The van der Waals surface area contributed by atoms with Gasteiger partial charge in [0.05, 0.1) is 11.1 Å². The van der Waals surface area contributed by atoms with Crippen LogP contribution in [0.3, 0.4) is 0 Å². The molecule has 1 heterocycles. The average Bonchev–Trinajstić information content (AvgIpc) is 2.49. The van der Waals surface area contributed by atoms with Gasteiger partial charge in [-0.3, -0.25) is 9.78 Å². The number of anilines is 1. The maximum absolute atomic E-state index is 12.5. The van der Waals surface area contributed by atoms with E-state index in [2.05, 4.69) is 4.98 Å². The van der Waals surface area contributed by atoms with Crippen molar-refractivity contribution in [1.82, 2.24) is 4.98 Å². The molecule has 0 fully saturated rings. The number of carboxylic acids is 1. The predicted octanol–water partition coefficient (Wildman–Crippen LogP) is 2.45. The van der Waals surface area contributed by atoms with Crippen molar-refractivity contribution in [2.45, 2.75) is 6.92 Å². The second kappa shape index (κ2) is 5.97. The fourth-order valence-electron chi connectivity index (χ4n) is 1.97. The second-order valence-electron chi connectivity index (χ2n) is 4.11. The van der Waals surface area contributed by atoms with E-state index in [1.165, 1.54) is 17.0 Å². The number of benzene rings is 1. The quantitative estimate of drug-likeness (QED) is 0.926. The first kappa shape index (κ1) is 13.7. The Morgan fingerprint density at radius 3 is 2.25 bits per heavy atom. The SMILES string of the molecule is CCN(C(=O)c1ccccc1C(=O)O)c1ccncc1. The summed E-state index contributed by atoms with van der Waals surface area (Å²) < 4.78 is 0. The molecule has 20 heavy (non-hydrogen) atoms. The third-order valence-electron chi connectivity index (χ3n) is 2.92. The number of rotatable bonds is 4. The summed E-state index contributed by atoms with van der Waals surface area (Å²) in [5.74, 6) is -1.45. The predicted molar refractivity (Wildman–Crippen MR) is 75.0 cm³/mol. The molecular formula is C15H14N2O3. The Bertz CT molecular complexity index is 626. The first-order chi connectivity index (χ1) is 9.65. The van der Waals surface area contributed by atoms with E-state index in [1.54, 1.807) is 36.7 Å². The van der Waals surface area contributed by atoms with Crippen molar-refractivity contribution in [2.75, 3.05) is 11.4 Å². The van der Waals surface area contributed by atoms with Crippen LogP contribution in [0.1, 0.15) is 27.6 Å². The zero-order valence-electron chi connectivity index (χ0n) is 11.0. The van der Waals surface area contributed by atoms with Crippen molar-refractivity contribution in [3.05, 3.63) is 59.9 Å². The Kier molecular flexibility index (Phi) is 4.10. The van der Waals surface area contributed by atoms with Crippen molar-refractivity contribution in [1.29, 1.82) is 0 Å². The molecule has 2 rings (SSSR count). The summed E-state index contributed by atoms with van der Waals surface area (Å²) in [5, 5.41) is 9.16. The number of carbonyl (C=O) groups is 2. The van der Waals surface area contributed by atoms with Gasteiger partial charge in [-0.1, -0.05) is 12.1 Å². The highest BCUT2D eigenvalue weighted by atomic mass is 16.4. The maximum atomic E-state index is 12.5. The zero-order valence-corrected chi connectivity index (χ0v) is 11.0. The lowest BCUT2D eigenvalue weighted by atomic mass is 10.1. The van der Waals surface area contributed by atoms with E-state index in [4.69, 9.17) is 5.11 Å². The van der Waals surface area contributed by atoms with E-state index in [-0.39, 0.29) is 17.0 Å². The number of hydrogen-bond donors (Lipinski definition) is 1. The van der Waals surface area contributed by atoms with Gasteiger partial charge in [-0.2, -0.15) is 0 Å². The van der Waals surface area contributed by atoms with Crippen molar-refractivity contribution in [3.63, 3.8) is 0 Å². The summed E-state index contributed by atoms with van der Waals surface area (Å²) in [6.07, 6.45) is 3.18. The molecule has 0 aliphatic heterocycles. The van der Waals surface area contributed by atoms with Crippen molar-refractivity contribution in [2.24, 2.45) is 0 Å². The van der Waals surface area contributed by atoms with E-state index in [1.807, 2.05) is 6.92 Å². The lowest BCUT2D eigenvalue weighted by molar-refractivity contribution is 0.0692. The highest BCUT2D eigenvalue weighted by molar-refractivity contribution is 6.11. The number of aromatic carboxylic acids is 1. The minimum Gasteiger partial charge on any atom is -0.478 e. The molecule has 0 bridgehead atoms. The molecule has 0 saturated carbocycles. The first-order valence-corrected chi connectivity index (χ1v) is 6.19. The monoisotopic (exact) mass is 270 g/mol. The van der Waals surface area contributed by atoms with Gasteiger partial charge >= 0.3 is 5.97 Å². The van der Waals surface area contributed by atoms with Crippen LogP contribution in [0.5, 0.6) is 0 Å². The highest BCUT2D eigenvalue weighted by Gasteiger charge is 2.21. The Morgan fingerprint density at radius 1 is 1.10 bits per heavy atom. The van der Waals surface area contributed by atoms with Gasteiger partial charge in [0, 0.05) is 24.6 Å². The lowest BCUT2D eigenvalue weighted by Crippen LogP contribution is -2.31. The van der Waals surface area contributed by atoms with Crippen molar-refractivity contribution >= 4 is 17.6 Å². The minimum absolute atomic E-state index is 0.00464. The van der Waals surface area contributed by atoms with Crippen molar-refractivity contribution < 1.29 is 14.7 Å². The molecule has 1 aromatic heterocycles. The number of carbonyl (C=O) groups excluding carboxylic acids is 1. The van der Waals surface area contributed by atoms with Crippen LogP contribution in [0.4, 0.5) is 5.69 Å². The van der Waals surface area contributed by atoms with Crippen LogP contribution in [0.2, 0.25) is 0 Å². The molecule has 1 aromatic carbocycles. The Morgan fingerprint density at radius 2 is 1.70 bits per heavy atom. The molecule has 0 spiro atoms. The highest BCUT2D eigenvalue weighted by Crippen LogP contribution is 2.18. The fraction of sp³-hybridized carbons (Fsp3) is 0.133. The van der Waals surface area contributed by atoms with Crippen LogP contribution in [-0.4, -0.2) is 28.5 Å². The number of carboxylic acid groups (broad SMARTS) is 1. The van der Waals surface area contributed by atoms with Crippen molar-refractivity contribution in [3.8, 4) is 0 Å². The van der Waals surface area contributed by atoms with E-state index in [0.717, 1.165) is 0 Å². The maximum Gasteiger partial charge on any atom is 0.336 e. The van der Waals surface area contributed by atoms with Gasteiger partial charge in [0.15, 0.2) is 0 Å². The summed E-state index contributed by atoms with van der Waals surface area (Å²) >= 11 is 0. The summed E-state index contributed by atoms with van der Waals surface area (Å²) in [7, 11) is 0. The molecule has 5 nitrogen and oxygen atoms in total. The third-order valence-corrected chi connectivity index (χ3v) is 2.92.